The average molecular weight is 379 g/mol. The van der Waals surface area contributed by atoms with Crippen LogP contribution in [0.5, 0.6) is 0 Å². The molecule has 2 aromatic rings. The molecule has 0 atom stereocenters. The number of cyclic esters (lactones) is 1. The summed E-state index contributed by atoms with van der Waals surface area (Å²) in [4.78, 5) is 36.9. The normalized spacial score (nSPS) is 15.0. The molecule has 0 saturated heterocycles. The molecule has 0 radical (unpaired) electrons. The summed E-state index contributed by atoms with van der Waals surface area (Å²) in [6.07, 6.45) is 4.49. The Morgan fingerprint density at radius 2 is 1.86 bits per heavy atom. The fourth-order valence-corrected chi connectivity index (χ4v) is 2.48. The van der Waals surface area contributed by atoms with E-state index >= 15 is 0 Å². The molecule has 9 nitrogen and oxygen atoms in total. The minimum atomic E-state index is -0.693. The second kappa shape index (κ2) is 7.62. The lowest BCUT2D eigenvalue weighted by atomic mass is 10.1. The van der Waals surface area contributed by atoms with Gasteiger partial charge in [0.2, 0.25) is 5.90 Å². The van der Waals surface area contributed by atoms with Gasteiger partial charge in [0, 0.05) is 29.3 Å². The molecule has 1 aliphatic heterocycles. The van der Waals surface area contributed by atoms with Gasteiger partial charge < -0.3 is 4.74 Å². The first-order valence-corrected chi connectivity index (χ1v) is 8.04. The fraction of sp³-hybridized carbons (Fsp3) is 0.0526. The van der Waals surface area contributed by atoms with Gasteiger partial charge in [-0.3, -0.25) is 20.2 Å². The highest BCUT2D eigenvalue weighted by molar-refractivity contribution is 6.11. The predicted molar refractivity (Wildman–Crippen MR) is 101 cm³/mol. The van der Waals surface area contributed by atoms with Crippen LogP contribution in [0.4, 0.5) is 11.4 Å². The molecule has 0 aromatic heterocycles. The second-order valence-electron chi connectivity index (χ2n) is 5.83. The molecular formula is C19H13N3O6. The SMILES string of the molecule is Cc1ccc(C2=N/C(=C\C=C\c3cccc([N+](=O)[O-])c3)C(=O)O2)cc1[N+](=O)[O-]. The average Bonchev–Trinajstić information content (AvgIpc) is 3.03. The minimum Gasteiger partial charge on any atom is -0.402 e. The van der Waals surface area contributed by atoms with Crippen molar-refractivity contribution in [2.45, 2.75) is 6.92 Å². The highest BCUT2D eigenvalue weighted by atomic mass is 16.6. The Hall–Kier alpha value is -4.14. The lowest BCUT2D eigenvalue weighted by Gasteiger charge is -2.01. The molecule has 9 heteroatoms. The number of aryl methyl sites for hydroxylation is 1. The van der Waals surface area contributed by atoms with Crippen LogP contribution in [0.15, 0.2) is 65.3 Å². The van der Waals surface area contributed by atoms with Crippen molar-refractivity contribution in [1.29, 1.82) is 0 Å². The molecule has 3 rings (SSSR count). The van der Waals surface area contributed by atoms with Gasteiger partial charge in [0.1, 0.15) is 0 Å². The summed E-state index contributed by atoms with van der Waals surface area (Å²) in [5, 5.41) is 21.8. The molecule has 140 valence electrons. The van der Waals surface area contributed by atoms with Crippen LogP contribution in [0.2, 0.25) is 0 Å². The van der Waals surface area contributed by atoms with E-state index in [0.717, 1.165) is 0 Å². The Labute approximate surface area is 158 Å². The van der Waals surface area contributed by atoms with Gasteiger partial charge in [0.25, 0.3) is 11.4 Å². The smallest absolute Gasteiger partial charge is 0.363 e. The summed E-state index contributed by atoms with van der Waals surface area (Å²) in [6.45, 7) is 1.61. The molecule has 0 unspecified atom stereocenters. The third kappa shape index (κ3) is 3.98. The van der Waals surface area contributed by atoms with E-state index in [-0.39, 0.29) is 23.0 Å². The van der Waals surface area contributed by atoms with Crippen molar-refractivity contribution in [1.82, 2.24) is 0 Å². The summed E-state index contributed by atoms with van der Waals surface area (Å²) in [7, 11) is 0. The van der Waals surface area contributed by atoms with E-state index in [1.807, 2.05) is 0 Å². The summed E-state index contributed by atoms with van der Waals surface area (Å²) in [5.74, 6) is -0.718. The van der Waals surface area contributed by atoms with E-state index < -0.39 is 15.8 Å². The van der Waals surface area contributed by atoms with Crippen molar-refractivity contribution >= 4 is 29.3 Å². The van der Waals surface area contributed by atoms with Crippen LogP contribution < -0.4 is 0 Å². The molecular weight excluding hydrogens is 366 g/mol. The van der Waals surface area contributed by atoms with Crippen molar-refractivity contribution in [3.05, 3.63) is 97.2 Å². The van der Waals surface area contributed by atoms with Crippen molar-refractivity contribution in [3.63, 3.8) is 0 Å². The molecule has 28 heavy (non-hydrogen) atoms. The second-order valence-corrected chi connectivity index (χ2v) is 5.83. The van der Waals surface area contributed by atoms with Gasteiger partial charge in [0.05, 0.1) is 9.85 Å². The molecule has 2 aromatic carbocycles. The largest absolute Gasteiger partial charge is 0.402 e. The lowest BCUT2D eigenvalue weighted by molar-refractivity contribution is -0.385. The van der Waals surface area contributed by atoms with Gasteiger partial charge in [-0.05, 0) is 24.6 Å². The zero-order valence-corrected chi connectivity index (χ0v) is 14.6. The number of esters is 1. The van der Waals surface area contributed by atoms with Gasteiger partial charge >= 0.3 is 5.97 Å². The number of nitrogens with zero attached hydrogens (tertiary/aromatic N) is 3. The van der Waals surface area contributed by atoms with Crippen LogP contribution in [0.25, 0.3) is 6.08 Å². The molecule has 0 fully saturated rings. The fourth-order valence-electron chi connectivity index (χ4n) is 2.48. The number of nitro groups is 2. The van der Waals surface area contributed by atoms with Gasteiger partial charge in [0.15, 0.2) is 5.70 Å². The maximum Gasteiger partial charge on any atom is 0.363 e. The number of benzene rings is 2. The van der Waals surface area contributed by atoms with Crippen LogP contribution in [0.3, 0.4) is 0 Å². The Kier molecular flexibility index (Phi) is 5.07. The number of non-ortho nitro benzene ring substituents is 1. The highest BCUT2D eigenvalue weighted by Gasteiger charge is 2.25. The third-order valence-corrected chi connectivity index (χ3v) is 3.90. The molecule has 0 saturated carbocycles. The number of carbonyl (C=O) groups excluding carboxylic acids is 1. The molecule has 1 heterocycles. The first-order chi connectivity index (χ1) is 13.3. The number of hydrogen-bond acceptors (Lipinski definition) is 7. The molecule has 0 aliphatic carbocycles. The van der Waals surface area contributed by atoms with Crippen LogP contribution >= 0.6 is 0 Å². The van der Waals surface area contributed by atoms with Crippen molar-refractivity contribution in [3.8, 4) is 0 Å². The number of carbonyl (C=O) groups is 1. The maximum absolute atomic E-state index is 12.0. The van der Waals surface area contributed by atoms with Crippen LogP contribution in [-0.4, -0.2) is 21.7 Å². The number of ether oxygens (including phenoxy) is 1. The van der Waals surface area contributed by atoms with E-state index in [1.165, 1.54) is 30.4 Å². The predicted octanol–water partition coefficient (Wildman–Crippen LogP) is 3.71. The summed E-state index contributed by atoms with van der Waals surface area (Å²) < 4.78 is 5.08. The highest BCUT2D eigenvalue weighted by Crippen LogP contribution is 2.23. The number of aliphatic imine (C=N–C) groups is 1. The standard InChI is InChI=1S/C19H13N3O6/c1-12-8-9-14(11-17(12)22(26)27)18-20-16(19(23)28-18)7-3-5-13-4-2-6-15(10-13)21(24)25/h2-11H,1H3/b5-3+,16-7-. The van der Waals surface area contributed by atoms with E-state index in [4.69, 9.17) is 4.74 Å². The number of hydrogen-bond donors (Lipinski definition) is 0. The number of allylic oxidation sites excluding steroid dienone is 2. The summed E-state index contributed by atoms with van der Waals surface area (Å²) in [5.41, 5.74) is 1.25. The zero-order valence-electron chi connectivity index (χ0n) is 14.6. The van der Waals surface area contributed by atoms with Crippen molar-refractivity contribution < 1.29 is 19.4 Å². The van der Waals surface area contributed by atoms with Crippen molar-refractivity contribution in [2.24, 2.45) is 4.99 Å². The van der Waals surface area contributed by atoms with E-state index in [9.17, 15) is 25.0 Å². The zero-order chi connectivity index (χ0) is 20.3. The maximum atomic E-state index is 12.0. The first-order valence-electron chi connectivity index (χ1n) is 8.04. The van der Waals surface area contributed by atoms with E-state index in [0.29, 0.717) is 16.7 Å². The summed E-state index contributed by atoms with van der Waals surface area (Å²) >= 11 is 0. The molecule has 0 bridgehead atoms. The molecule has 0 N–H and O–H groups in total. The van der Waals surface area contributed by atoms with Gasteiger partial charge in [-0.25, -0.2) is 9.79 Å². The Balaban J connectivity index is 1.84. The van der Waals surface area contributed by atoms with Gasteiger partial charge in [-0.2, -0.15) is 0 Å². The summed E-state index contributed by atoms with van der Waals surface area (Å²) in [6, 6.07) is 10.4. The topological polar surface area (TPSA) is 125 Å². The Morgan fingerprint density at radius 1 is 1.07 bits per heavy atom. The van der Waals surface area contributed by atoms with Crippen LogP contribution in [-0.2, 0) is 9.53 Å². The number of nitro benzene ring substituents is 2. The Bertz CT molecular complexity index is 1080. The van der Waals surface area contributed by atoms with Gasteiger partial charge in [-0.1, -0.05) is 30.4 Å². The molecule has 0 amide bonds. The monoisotopic (exact) mass is 379 g/mol. The first kappa shape index (κ1) is 18.6. The van der Waals surface area contributed by atoms with Crippen molar-refractivity contribution in [2.75, 3.05) is 0 Å². The van der Waals surface area contributed by atoms with Crippen LogP contribution in [0, 0.1) is 27.2 Å². The van der Waals surface area contributed by atoms with E-state index in [1.54, 1.807) is 37.3 Å². The lowest BCUT2D eigenvalue weighted by Crippen LogP contribution is -2.06. The van der Waals surface area contributed by atoms with Gasteiger partial charge in [-0.15, -0.1) is 0 Å². The third-order valence-electron chi connectivity index (χ3n) is 3.90. The Morgan fingerprint density at radius 3 is 2.57 bits per heavy atom. The quantitative estimate of drug-likeness (QED) is 0.337. The minimum absolute atomic E-state index is 0.0138. The number of rotatable bonds is 5. The molecule has 1 aliphatic rings. The molecule has 0 spiro atoms. The van der Waals surface area contributed by atoms with E-state index in [2.05, 4.69) is 4.99 Å². The van der Waals surface area contributed by atoms with Crippen LogP contribution in [0.1, 0.15) is 16.7 Å².